The molecule has 7 heteroatoms. The van der Waals surface area contributed by atoms with Crippen molar-refractivity contribution in [1.82, 2.24) is 0 Å². The maximum absolute atomic E-state index is 11.4. The second kappa shape index (κ2) is 5.14. The van der Waals surface area contributed by atoms with Crippen molar-refractivity contribution in [2.45, 2.75) is 12.1 Å². The molecular formula is C11H13IN2O3S. The van der Waals surface area contributed by atoms with Gasteiger partial charge in [0, 0.05) is 0 Å². The molecule has 0 aliphatic carbocycles. The largest absolute Gasteiger partial charge is 1.00 e. The number of quaternary nitrogens is 1. The molecule has 0 aromatic heterocycles. The van der Waals surface area contributed by atoms with Gasteiger partial charge in [0.25, 0.3) is 0 Å². The molecule has 3 rings (SSSR count). The van der Waals surface area contributed by atoms with Crippen molar-refractivity contribution in [3.05, 3.63) is 30.3 Å². The highest BCUT2D eigenvalue weighted by molar-refractivity contribution is 7.91. The van der Waals surface area contributed by atoms with Crippen LogP contribution in [0.3, 0.4) is 0 Å². The Labute approximate surface area is 123 Å². The number of rotatable bonds is 1. The Balaban J connectivity index is 0.00000120. The zero-order valence-corrected chi connectivity index (χ0v) is 12.5. The minimum absolute atomic E-state index is 0. The number of halogens is 1. The fraction of sp³-hybridized carbons (Fsp3) is 0.364. The number of hydrogen-bond acceptors (Lipinski definition) is 4. The maximum Gasteiger partial charge on any atom is 0.396 e. The van der Waals surface area contributed by atoms with E-state index in [2.05, 4.69) is 4.99 Å². The fourth-order valence-electron chi connectivity index (χ4n) is 2.19. The van der Waals surface area contributed by atoms with E-state index in [-0.39, 0.29) is 47.6 Å². The van der Waals surface area contributed by atoms with Gasteiger partial charge in [-0.3, -0.25) is 5.32 Å². The van der Waals surface area contributed by atoms with Gasteiger partial charge in [-0.05, 0) is 12.1 Å². The molecule has 0 amide bonds. The number of aliphatic imine (C=N–C) groups is 1. The van der Waals surface area contributed by atoms with Crippen molar-refractivity contribution in [2.24, 2.45) is 4.99 Å². The number of benzene rings is 1. The number of nitrogens with zero attached hydrogens (tertiary/aromatic N) is 1. The lowest BCUT2D eigenvalue weighted by Gasteiger charge is -1.99. The van der Waals surface area contributed by atoms with Gasteiger partial charge in [-0.2, -0.15) is 4.99 Å². The Morgan fingerprint density at radius 3 is 2.61 bits per heavy atom. The predicted octanol–water partition coefficient (Wildman–Crippen LogP) is -3.56. The molecule has 0 radical (unpaired) electrons. The minimum atomic E-state index is -2.91. The van der Waals surface area contributed by atoms with E-state index in [1.165, 1.54) is 0 Å². The van der Waals surface area contributed by atoms with Crippen LogP contribution in [0.15, 0.2) is 35.3 Å². The Morgan fingerprint density at radius 1 is 1.22 bits per heavy atom. The molecule has 18 heavy (non-hydrogen) atoms. The molecule has 2 saturated heterocycles. The van der Waals surface area contributed by atoms with Crippen LogP contribution in [-0.4, -0.2) is 38.1 Å². The van der Waals surface area contributed by atoms with Crippen LogP contribution in [0.25, 0.3) is 0 Å². The summed E-state index contributed by atoms with van der Waals surface area (Å²) in [6, 6.07) is 10.0. The Kier molecular flexibility index (Phi) is 3.93. The third-order valence-corrected chi connectivity index (χ3v) is 4.70. The summed E-state index contributed by atoms with van der Waals surface area (Å²) in [7, 11) is -2.91. The number of ether oxygens (including phenoxy) is 1. The molecule has 0 unspecified atom stereocenters. The Hall–Kier alpha value is -0.670. The molecule has 0 bridgehead atoms. The molecule has 0 spiro atoms. The SMILES string of the molecule is O=S1(=O)C[C@@H]2[NH2+]C(=Nc3ccccc3)O[C@H]2C1.[I-]. The van der Waals surface area contributed by atoms with Gasteiger partial charge < -0.3 is 28.7 Å². The quantitative estimate of drug-likeness (QED) is 0.513. The summed E-state index contributed by atoms with van der Waals surface area (Å²) in [5.41, 5.74) is 0.821. The van der Waals surface area contributed by atoms with Crippen molar-refractivity contribution in [2.75, 3.05) is 11.5 Å². The molecule has 2 atom stereocenters. The summed E-state index contributed by atoms with van der Waals surface area (Å²) in [5.74, 6) is 0.299. The van der Waals surface area contributed by atoms with Gasteiger partial charge in [-0.25, -0.2) is 8.42 Å². The third-order valence-electron chi connectivity index (χ3n) is 2.97. The summed E-state index contributed by atoms with van der Waals surface area (Å²) < 4.78 is 28.3. The highest BCUT2D eigenvalue weighted by atomic mass is 127. The van der Waals surface area contributed by atoms with Crippen LogP contribution in [0.4, 0.5) is 5.69 Å². The topological polar surface area (TPSA) is 72.3 Å². The van der Waals surface area contributed by atoms with Crippen molar-refractivity contribution < 1.29 is 42.4 Å². The number of para-hydroxylation sites is 1. The van der Waals surface area contributed by atoms with Gasteiger partial charge in [0.05, 0.1) is 11.4 Å². The monoisotopic (exact) mass is 380 g/mol. The molecular weight excluding hydrogens is 367 g/mol. The zero-order valence-electron chi connectivity index (χ0n) is 9.49. The van der Waals surface area contributed by atoms with Crippen molar-refractivity contribution >= 4 is 21.5 Å². The molecule has 98 valence electrons. The highest BCUT2D eigenvalue weighted by Crippen LogP contribution is 2.18. The lowest BCUT2D eigenvalue weighted by atomic mass is 10.2. The number of amidine groups is 1. The van der Waals surface area contributed by atoms with Crippen LogP contribution in [0, 0.1) is 0 Å². The molecule has 2 heterocycles. The zero-order chi connectivity index (χ0) is 11.9. The first kappa shape index (κ1) is 13.8. The van der Waals surface area contributed by atoms with E-state index in [1.54, 1.807) is 0 Å². The molecule has 2 fully saturated rings. The summed E-state index contributed by atoms with van der Waals surface area (Å²) in [6.45, 7) is 0. The van der Waals surface area contributed by atoms with E-state index in [0.29, 0.717) is 6.02 Å². The van der Waals surface area contributed by atoms with E-state index >= 15 is 0 Å². The lowest BCUT2D eigenvalue weighted by Crippen LogP contribution is -3.00. The summed E-state index contributed by atoms with van der Waals surface area (Å²) >= 11 is 0. The second-order valence-electron chi connectivity index (χ2n) is 4.35. The summed E-state index contributed by atoms with van der Waals surface area (Å²) in [4.78, 5) is 4.33. The summed E-state index contributed by atoms with van der Waals surface area (Å²) in [6.07, 6.45) is -0.234. The molecule has 2 aliphatic heterocycles. The first-order chi connectivity index (χ1) is 8.12. The van der Waals surface area contributed by atoms with Gasteiger partial charge in [0.15, 0.2) is 15.9 Å². The number of nitrogens with two attached hydrogens (primary N) is 1. The molecule has 1 aromatic carbocycles. The smallest absolute Gasteiger partial charge is 0.396 e. The number of sulfone groups is 1. The Bertz CT molecular complexity index is 537. The molecule has 0 saturated carbocycles. The van der Waals surface area contributed by atoms with E-state index in [4.69, 9.17) is 4.74 Å². The van der Waals surface area contributed by atoms with E-state index in [1.807, 2.05) is 35.6 Å². The van der Waals surface area contributed by atoms with Crippen LogP contribution in [0.1, 0.15) is 0 Å². The van der Waals surface area contributed by atoms with Crippen LogP contribution in [0.2, 0.25) is 0 Å². The Morgan fingerprint density at radius 2 is 1.94 bits per heavy atom. The van der Waals surface area contributed by atoms with Gasteiger partial charge in [0.1, 0.15) is 11.8 Å². The molecule has 5 nitrogen and oxygen atoms in total. The highest BCUT2D eigenvalue weighted by Gasteiger charge is 2.48. The van der Waals surface area contributed by atoms with Crippen LogP contribution >= 0.6 is 0 Å². The van der Waals surface area contributed by atoms with Crippen molar-refractivity contribution in [3.63, 3.8) is 0 Å². The number of hydrogen-bond donors (Lipinski definition) is 1. The van der Waals surface area contributed by atoms with E-state index in [9.17, 15) is 8.42 Å². The molecule has 1 aromatic rings. The van der Waals surface area contributed by atoms with Gasteiger partial charge in [-0.15, -0.1) is 0 Å². The average Bonchev–Trinajstić information content (AvgIpc) is 2.72. The van der Waals surface area contributed by atoms with Gasteiger partial charge >= 0.3 is 6.02 Å². The second-order valence-corrected chi connectivity index (χ2v) is 6.50. The van der Waals surface area contributed by atoms with Gasteiger partial charge in [0.2, 0.25) is 0 Å². The molecule has 2 aliphatic rings. The van der Waals surface area contributed by atoms with E-state index in [0.717, 1.165) is 5.69 Å². The van der Waals surface area contributed by atoms with Crippen LogP contribution < -0.4 is 29.3 Å². The average molecular weight is 380 g/mol. The lowest BCUT2D eigenvalue weighted by molar-refractivity contribution is -0.565. The predicted molar refractivity (Wildman–Crippen MR) is 62.8 cm³/mol. The standard InChI is InChI=1S/C11H12N2O3S.HI/c14-17(15)6-9-10(7-17)16-11(13-9)12-8-4-2-1-3-5-8;/h1-5,9-10H,6-7H2,(H,12,13);1H/t9-,10-;/m0./s1. The van der Waals surface area contributed by atoms with E-state index < -0.39 is 9.84 Å². The van der Waals surface area contributed by atoms with Crippen LogP contribution in [-0.2, 0) is 14.6 Å². The maximum atomic E-state index is 11.4. The third kappa shape index (κ3) is 2.83. The molecule has 2 N–H and O–H groups in total. The first-order valence-corrected chi connectivity index (χ1v) is 7.30. The normalized spacial score (nSPS) is 30.6. The van der Waals surface area contributed by atoms with Gasteiger partial charge in [-0.1, -0.05) is 18.2 Å². The fourth-order valence-corrected chi connectivity index (χ4v) is 4.04. The van der Waals surface area contributed by atoms with Crippen molar-refractivity contribution in [1.29, 1.82) is 0 Å². The summed E-state index contributed by atoms with van der Waals surface area (Å²) in [5, 5.41) is 1.82. The number of fused-ring (bicyclic) bond motifs is 1. The van der Waals surface area contributed by atoms with Crippen molar-refractivity contribution in [3.8, 4) is 0 Å². The first-order valence-electron chi connectivity index (χ1n) is 5.48. The van der Waals surface area contributed by atoms with Crippen LogP contribution in [0.5, 0.6) is 0 Å². The minimum Gasteiger partial charge on any atom is -1.00 e.